The van der Waals surface area contributed by atoms with E-state index in [4.69, 9.17) is 21.6 Å². The van der Waals surface area contributed by atoms with Crippen LogP contribution in [-0.2, 0) is 10.6 Å². The molecule has 0 saturated carbocycles. The van der Waals surface area contributed by atoms with Crippen LogP contribution in [0.15, 0.2) is 18.2 Å². The Balaban J connectivity index is 2.33. The van der Waals surface area contributed by atoms with Gasteiger partial charge in [-0.05, 0) is 11.6 Å². The SMILES string of the molecule is N#CC1CN(c2ccc(CCl)cc2[N+](=O)[O-])CCO1. The first kappa shape index (κ1) is 13.6. The van der Waals surface area contributed by atoms with Crippen molar-refractivity contribution < 1.29 is 9.66 Å². The molecule has 0 bridgehead atoms. The minimum absolute atomic E-state index is 0.0109. The topological polar surface area (TPSA) is 79.4 Å². The van der Waals surface area contributed by atoms with Gasteiger partial charge in [0.25, 0.3) is 5.69 Å². The smallest absolute Gasteiger partial charge is 0.292 e. The van der Waals surface area contributed by atoms with Crippen molar-refractivity contribution in [1.29, 1.82) is 5.26 Å². The Labute approximate surface area is 115 Å². The molecule has 6 nitrogen and oxygen atoms in total. The Morgan fingerprint density at radius 1 is 1.63 bits per heavy atom. The molecule has 1 aromatic rings. The number of halogens is 1. The minimum Gasteiger partial charge on any atom is -0.360 e. The van der Waals surface area contributed by atoms with Crippen LogP contribution in [0.2, 0.25) is 0 Å². The minimum atomic E-state index is -0.555. The van der Waals surface area contributed by atoms with Gasteiger partial charge in [0, 0.05) is 18.5 Å². The van der Waals surface area contributed by atoms with E-state index < -0.39 is 11.0 Å². The lowest BCUT2D eigenvalue weighted by Crippen LogP contribution is -2.42. The predicted octanol–water partition coefficient (Wildman–Crippen LogP) is 2.06. The number of hydrogen-bond acceptors (Lipinski definition) is 5. The van der Waals surface area contributed by atoms with E-state index in [9.17, 15) is 10.1 Å². The number of alkyl halides is 1. The fraction of sp³-hybridized carbons (Fsp3) is 0.417. The normalized spacial score (nSPS) is 18.9. The van der Waals surface area contributed by atoms with Gasteiger partial charge in [0.05, 0.1) is 24.1 Å². The highest BCUT2D eigenvalue weighted by Crippen LogP contribution is 2.30. The Morgan fingerprint density at radius 3 is 3.05 bits per heavy atom. The maximum absolute atomic E-state index is 11.1. The Kier molecular flexibility index (Phi) is 4.20. The zero-order valence-electron chi connectivity index (χ0n) is 10.1. The van der Waals surface area contributed by atoms with Gasteiger partial charge in [-0.1, -0.05) is 6.07 Å². The van der Waals surface area contributed by atoms with Gasteiger partial charge < -0.3 is 9.64 Å². The largest absolute Gasteiger partial charge is 0.360 e. The van der Waals surface area contributed by atoms with Crippen molar-refractivity contribution in [2.75, 3.05) is 24.6 Å². The van der Waals surface area contributed by atoms with Crippen LogP contribution < -0.4 is 4.90 Å². The summed E-state index contributed by atoms with van der Waals surface area (Å²) >= 11 is 5.69. The summed E-state index contributed by atoms with van der Waals surface area (Å²) in [5, 5.41) is 20.0. The molecule has 1 unspecified atom stereocenters. The second kappa shape index (κ2) is 5.87. The monoisotopic (exact) mass is 281 g/mol. The molecular formula is C12H12ClN3O3. The van der Waals surface area contributed by atoms with Crippen LogP contribution in [0.4, 0.5) is 11.4 Å². The number of ether oxygens (including phenoxy) is 1. The van der Waals surface area contributed by atoms with E-state index >= 15 is 0 Å². The molecule has 0 spiro atoms. The molecule has 1 aliphatic rings. The van der Waals surface area contributed by atoms with E-state index in [0.29, 0.717) is 30.9 Å². The first-order valence-electron chi connectivity index (χ1n) is 5.75. The summed E-state index contributed by atoms with van der Waals surface area (Å²) in [6.07, 6.45) is -0.555. The van der Waals surface area contributed by atoms with Crippen molar-refractivity contribution in [3.8, 4) is 6.07 Å². The van der Waals surface area contributed by atoms with Crippen molar-refractivity contribution in [3.05, 3.63) is 33.9 Å². The van der Waals surface area contributed by atoms with Gasteiger partial charge in [-0.2, -0.15) is 5.26 Å². The first-order chi connectivity index (χ1) is 9.15. The van der Waals surface area contributed by atoms with Crippen LogP contribution in [0.3, 0.4) is 0 Å². The molecule has 1 heterocycles. The van der Waals surface area contributed by atoms with E-state index in [1.165, 1.54) is 6.07 Å². The number of nitro groups is 1. The number of anilines is 1. The average Bonchev–Trinajstić information content (AvgIpc) is 2.46. The molecule has 2 rings (SSSR count). The summed E-state index contributed by atoms with van der Waals surface area (Å²) in [7, 11) is 0. The van der Waals surface area contributed by atoms with Gasteiger partial charge in [0.1, 0.15) is 5.69 Å². The molecule has 1 atom stereocenters. The van der Waals surface area contributed by atoms with E-state index in [1.54, 1.807) is 17.0 Å². The lowest BCUT2D eigenvalue weighted by atomic mass is 10.1. The summed E-state index contributed by atoms with van der Waals surface area (Å²) < 4.78 is 5.23. The third kappa shape index (κ3) is 2.95. The molecule has 0 amide bonds. The molecular weight excluding hydrogens is 270 g/mol. The van der Waals surface area contributed by atoms with E-state index in [0.717, 1.165) is 0 Å². The number of hydrogen-bond donors (Lipinski definition) is 0. The maximum Gasteiger partial charge on any atom is 0.292 e. The fourth-order valence-corrected chi connectivity index (χ4v) is 2.18. The Morgan fingerprint density at radius 2 is 2.42 bits per heavy atom. The highest BCUT2D eigenvalue weighted by atomic mass is 35.5. The Bertz CT molecular complexity index is 529. The standard InChI is InChI=1S/C12H12ClN3O3/c13-6-9-1-2-11(12(5-9)16(17)18)15-3-4-19-10(7-14)8-15/h1-2,5,10H,3-4,6,8H2. The van der Waals surface area contributed by atoms with Crippen LogP contribution in [0.1, 0.15) is 5.56 Å². The third-order valence-corrected chi connectivity index (χ3v) is 3.25. The number of rotatable bonds is 3. The molecule has 1 saturated heterocycles. The van der Waals surface area contributed by atoms with Gasteiger partial charge in [0.2, 0.25) is 0 Å². The summed E-state index contributed by atoms with van der Waals surface area (Å²) in [6.45, 7) is 1.24. The van der Waals surface area contributed by atoms with Gasteiger partial charge in [-0.3, -0.25) is 10.1 Å². The number of nitro benzene ring substituents is 1. The van der Waals surface area contributed by atoms with Crippen LogP contribution in [0.25, 0.3) is 0 Å². The van der Waals surface area contributed by atoms with Crippen LogP contribution in [-0.4, -0.2) is 30.7 Å². The van der Waals surface area contributed by atoms with Gasteiger partial charge in [0.15, 0.2) is 6.10 Å². The second-order valence-electron chi connectivity index (χ2n) is 4.15. The first-order valence-corrected chi connectivity index (χ1v) is 6.28. The van der Waals surface area contributed by atoms with Crippen molar-refractivity contribution in [1.82, 2.24) is 0 Å². The Hall–Kier alpha value is -1.84. The number of nitriles is 1. The molecule has 1 aromatic carbocycles. The zero-order chi connectivity index (χ0) is 13.8. The van der Waals surface area contributed by atoms with Crippen molar-refractivity contribution in [3.63, 3.8) is 0 Å². The number of morpholine rings is 1. The summed E-state index contributed by atoms with van der Waals surface area (Å²) in [5.74, 6) is 0.227. The third-order valence-electron chi connectivity index (χ3n) is 2.94. The molecule has 0 radical (unpaired) electrons. The molecule has 1 fully saturated rings. The van der Waals surface area contributed by atoms with Gasteiger partial charge in [-0.15, -0.1) is 11.6 Å². The highest BCUT2D eigenvalue weighted by Gasteiger charge is 2.25. The molecule has 19 heavy (non-hydrogen) atoms. The van der Waals surface area contributed by atoms with Crippen LogP contribution >= 0.6 is 11.6 Å². The lowest BCUT2D eigenvalue weighted by Gasteiger charge is -2.31. The molecule has 0 aromatic heterocycles. The number of benzene rings is 1. The molecule has 1 aliphatic heterocycles. The van der Waals surface area contributed by atoms with Crippen LogP contribution in [0.5, 0.6) is 0 Å². The maximum atomic E-state index is 11.1. The van der Waals surface area contributed by atoms with E-state index in [2.05, 4.69) is 0 Å². The molecule has 0 aliphatic carbocycles. The molecule has 100 valence electrons. The van der Waals surface area contributed by atoms with E-state index in [1.807, 2.05) is 6.07 Å². The van der Waals surface area contributed by atoms with Crippen molar-refractivity contribution in [2.24, 2.45) is 0 Å². The van der Waals surface area contributed by atoms with Crippen molar-refractivity contribution in [2.45, 2.75) is 12.0 Å². The van der Waals surface area contributed by atoms with Gasteiger partial charge in [-0.25, -0.2) is 0 Å². The summed E-state index contributed by atoms with van der Waals surface area (Å²) in [5.41, 5.74) is 1.21. The second-order valence-corrected chi connectivity index (χ2v) is 4.42. The lowest BCUT2D eigenvalue weighted by molar-refractivity contribution is -0.384. The van der Waals surface area contributed by atoms with Crippen LogP contribution in [0, 0.1) is 21.4 Å². The zero-order valence-corrected chi connectivity index (χ0v) is 10.8. The highest BCUT2D eigenvalue weighted by molar-refractivity contribution is 6.17. The molecule has 0 N–H and O–H groups in total. The van der Waals surface area contributed by atoms with Gasteiger partial charge >= 0.3 is 0 Å². The average molecular weight is 282 g/mol. The molecule has 7 heteroatoms. The summed E-state index contributed by atoms with van der Waals surface area (Å²) in [6, 6.07) is 6.92. The summed E-state index contributed by atoms with van der Waals surface area (Å²) in [4.78, 5) is 12.5. The van der Waals surface area contributed by atoms with E-state index in [-0.39, 0.29) is 11.6 Å². The number of nitrogens with zero attached hydrogens (tertiary/aromatic N) is 3. The fourth-order valence-electron chi connectivity index (χ4n) is 2.01. The predicted molar refractivity (Wildman–Crippen MR) is 70.2 cm³/mol. The van der Waals surface area contributed by atoms with Crippen molar-refractivity contribution >= 4 is 23.0 Å². The quantitative estimate of drug-likeness (QED) is 0.481.